The molecule has 0 spiro atoms. The molecule has 7 nitrogen and oxygen atoms in total. The van der Waals surface area contributed by atoms with Gasteiger partial charge in [-0.2, -0.15) is 0 Å². The number of nitro benzene ring substituents is 1. The molecular formula is C21H26N2O5S2. The summed E-state index contributed by atoms with van der Waals surface area (Å²) in [5, 5.41) is 10.8. The number of aryl methyl sites for hydroxylation is 1. The lowest BCUT2D eigenvalue weighted by atomic mass is 9.96. The Labute approximate surface area is 181 Å². The van der Waals surface area contributed by atoms with Gasteiger partial charge < -0.3 is 0 Å². The van der Waals surface area contributed by atoms with Gasteiger partial charge in [-0.25, -0.2) is 13.1 Å². The van der Waals surface area contributed by atoms with E-state index in [1.807, 2.05) is 27.7 Å². The van der Waals surface area contributed by atoms with E-state index in [9.17, 15) is 23.3 Å². The second kappa shape index (κ2) is 9.28. The van der Waals surface area contributed by atoms with Crippen LogP contribution in [0.25, 0.3) is 0 Å². The van der Waals surface area contributed by atoms with Gasteiger partial charge in [-0.1, -0.05) is 69.3 Å². The number of rotatable bonds is 7. The molecule has 0 heterocycles. The Bertz CT molecular complexity index is 1010. The standard InChI is InChI=1S/C21H26N2O5S2/c1-14-6-12-18(13-7-14)30(27,28)22-19(15(2)20(24)29-21(3,4)5)16-8-10-17(11-9-16)23(25)26/h6-13,15,19,22H,1-5H3/t15-,19+/m1/s1. The van der Waals surface area contributed by atoms with Crippen molar-refractivity contribution < 1.29 is 18.1 Å². The van der Waals surface area contributed by atoms with Gasteiger partial charge in [0.15, 0.2) is 5.12 Å². The first-order valence-corrected chi connectivity index (χ1v) is 11.7. The highest BCUT2D eigenvalue weighted by Gasteiger charge is 2.32. The number of carbonyl (C=O) groups excluding carboxylic acids is 1. The van der Waals surface area contributed by atoms with Crippen LogP contribution < -0.4 is 4.72 Å². The van der Waals surface area contributed by atoms with Crippen LogP contribution in [0.5, 0.6) is 0 Å². The van der Waals surface area contributed by atoms with Gasteiger partial charge in [0.1, 0.15) is 0 Å². The van der Waals surface area contributed by atoms with E-state index >= 15 is 0 Å². The largest absolute Gasteiger partial charge is 0.287 e. The van der Waals surface area contributed by atoms with E-state index in [0.29, 0.717) is 5.56 Å². The van der Waals surface area contributed by atoms with Crippen molar-refractivity contribution in [2.24, 2.45) is 5.92 Å². The number of nitro groups is 1. The Hall–Kier alpha value is -2.23. The molecule has 1 N–H and O–H groups in total. The van der Waals surface area contributed by atoms with Crippen LogP contribution in [0.3, 0.4) is 0 Å². The smallest absolute Gasteiger partial charge is 0.269 e. The van der Waals surface area contributed by atoms with Crippen molar-refractivity contribution in [3.05, 3.63) is 69.8 Å². The minimum atomic E-state index is -3.92. The van der Waals surface area contributed by atoms with Crippen LogP contribution >= 0.6 is 11.8 Å². The molecule has 0 aliphatic carbocycles. The molecular weight excluding hydrogens is 424 g/mol. The van der Waals surface area contributed by atoms with Crippen LogP contribution in [-0.2, 0) is 14.8 Å². The number of nitrogens with zero attached hydrogens (tertiary/aromatic N) is 1. The molecule has 0 amide bonds. The molecule has 0 aromatic heterocycles. The third-order valence-electron chi connectivity index (χ3n) is 4.35. The molecule has 0 aliphatic rings. The van der Waals surface area contributed by atoms with E-state index in [-0.39, 0.29) is 20.4 Å². The quantitative estimate of drug-likeness (QED) is 0.487. The maximum atomic E-state index is 13.0. The molecule has 30 heavy (non-hydrogen) atoms. The van der Waals surface area contributed by atoms with E-state index in [4.69, 9.17) is 0 Å². The summed E-state index contributed by atoms with van der Waals surface area (Å²) in [5.41, 5.74) is 1.29. The Morgan fingerprint density at radius 3 is 2.07 bits per heavy atom. The molecule has 0 unspecified atom stereocenters. The van der Waals surface area contributed by atoms with E-state index in [1.54, 1.807) is 19.1 Å². The summed E-state index contributed by atoms with van der Waals surface area (Å²) in [5.74, 6) is -0.698. The number of hydrogen-bond donors (Lipinski definition) is 1. The van der Waals surface area contributed by atoms with E-state index in [2.05, 4.69) is 4.72 Å². The van der Waals surface area contributed by atoms with Crippen LogP contribution in [0.4, 0.5) is 5.69 Å². The average Bonchev–Trinajstić information content (AvgIpc) is 2.64. The summed E-state index contributed by atoms with van der Waals surface area (Å²) in [6.07, 6.45) is 0. The Morgan fingerprint density at radius 2 is 1.60 bits per heavy atom. The molecule has 0 saturated heterocycles. The molecule has 2 atom stereocenters. The zero-order valence-corrected chi connectivity index (χ0v) is 19.2. The number of sulfonamides is 1. The van der Waals surface area contributed by atoms with Crippen LogP contribution in [0.2, 0.25) is 0 Å². The monoisotopic (exact) mass is 450 g/mol. The summed E-state index contributed by atoms with van der Waals surface area (Å²) >= 11 is 1.14. The van der Waals surface area contributed by atoms with Crippen LogP contribution in [0.15, 0.2) is 53.4 Å². The van der Waals surface area contributed by atoms with Crippen LogP contribution in [0.1, 0.15) is 44.9 Å². The first kappa shape index (κ1) is 24.0. The summed E-state index contributed by atoms with van der Waals surface area (Å²) in [7, 11) is -3.92. The van der Waals surface area contributed by atoms with Gasteiger partial charge in [-0.3, -0.25) is 14.9 Å². The summed E-state index contributed by atoms with van der Waals surface area (Å²) in [6, 6.07) is 11.1. The average molecular weight is 451 g/mol. The number of carbonyl (C=O) groups is 1. The fraction of sp³-hybridized carbons (Fsp3) is 0.381. The lowest BCUT2D eigenvalue weighted by Gasteiger charge is -2.27. The highest BCUT2D eigenvalue weighted by Crippen LogP contribution is 2.34. The molecule has 0 bridgehead atoms. The molecule has 0 fully saturated rings. The van der Waals surface area contributed by atoms with Gasteiger partial charge in [0.25, 0.3) is 5.69 Å². The Balaban J connectivity index is 2.43. The second-order valence-corrected chi connectivity index (χ2v) is 11.6. The van der Waals surface area contributed by atoms with Crippen molar-refractivity contribution in [1.29, 1.82) is 0 Å². The summed E-state index contributed by atoms with van der Waals surface area (Å²) < 4.78 is 28.3. The van der Waals surface area contributed by atoms with Gasteiger partial charge >= 0.3 is 0 Å². The van der Waals surface area contributed by atoms with Gasteiger partial charge in [0.05, 0.1) is 15.9 Å². The SMILES string of the molecule is Cc1ccc(S(=O)(=O)N[C@H](c2ccc([N+](=O)[O-])cc2)[C@@H](C)C(=O)SC(C)(C)C)cc1. The first-order chi connectivity index (χ1) is 13.8. The molecule has 162 valence electrons. The molecule has 0 aliphatic heterocycles. The lowest BCUT2D eigenvalue weighted by Crippen LogP contribution is -2.35. The Kier molecular flexibility index (Phi) is 7.44. The van der Waals surface area contributed by atoms with Crippen LogP contribution in [-0.4, -0.2) is 23.2 Å². The lowest BCUT2D eigenvalue weighted by molar-refractivity contribution is -0.384. The maximum Gasteiger partial charge on any atom is 0.269 e. The van der Waals surface area contributed by atoms with Gasteiger partial charge in [-0.05, 0) is 24.6 Å². The van der Waals surface area contributed by atoms with Gasteiger partial charge in [0, 0.05) is 22.8 Å². The minimum Gasteiger partial charge on any atom is -0.287 e. The normalized spacial score (nSPS) is 14.2. The molecule has 2 aromatic carbocycles. The maximum absolute atomic E-state index is 13.0. The van der Waals surface area contributed by atoms with Crippen molar-refractivity contribution in [1.82, 2.24) is 4.72 Å². The van der Waals surface area contributed by atoms with E-state index in [0.717, 1.165) is 17.3 Å². The van der Waals surface area contributed by atoms with Gasteiger partial charge in [0.2, 0.25) is 10.0 Å². The molecule has 2 aromatic rings. The molecule has 2 rings (SSSR count). The third kappa shape index (κ3) is 6.38. The first-order valence-electron chi connectivity index (χ1n) is 9.36. The number of non-ortho nitro benzene ring substituents is 1. The molecule has 0 saturated carbocycles. The second-order valence-electron chi connectivity index (χ2n) is 8.08. The Morgan fingerprint density at radius 1 is 1.07 bits per heavy atom. The topological polar surface area (TPSA) is 106 Å². The van der Waals surface area contributed by atoms with E-state index < -0.39 is 26.9 Å². The van der Waals surface area contributed by atoms with Gasteiger partial charge in [-0.15, -0.1) is 0 Å². The van der Waals surface area contributed by atoms with Crippen molar-refractivity contribution in [2.75, 3.05) is 0 Å². The molecule has 0 radical (unpaired) electrons. The predicted molar refractivity (Wildman–Crippen MR) is 119 cm³/mol. The van der Waals surface area contributed by atoms with Crippen molar-refractivity contribution in [2.45, 2.75) is 50.3 Å². The number of thioether (sulfide) groups is 1. The molecule has 9 heteroatoms. The van der Waals surface area contributed by atoms with E-state index in [1.165, 1.54) is 36.4 Å². The fourth-order valence-corrected chi connectivity index (χ4v) is 4.98. The third-order valence-corrected chi connectivity index (χ3v) is 7.00. The zero-order chi connectivity index (χ0) is 22.7. The van der Waals surface area contributed by atoms with Crippen LogP contribution in [0, 0.1) is 23.0 Å². The highest BCUT2D eigenvalue weighted by atomic mass is 32.2. The number of nitrogens with one attached hydrogen (secondary N) is 1. The summed E-state index contributed by atoms with van der Waals surface area (Å²) in [4.78, 5) is 23.4. The number of hydrogen-bond acceptors (Lipinski definition) is 6. The summed E-state index contributed by atoms with van der Waals surface area (Å²) in [6.45, 7) is 9.22. The fourth-order valence-electron chi connectivity index (χ4n) is 2.75. The highest BCUT2D eigenvalue weighted by molar-refractivity contribution is 8.14. The van der Waals surface area contributed by atoms with Crippen molar-refractivity contribution in [3.63, 3.8) is 0 Å². The zero-order valence-electron chi connectivity index (χ0n) is 17.6. The number of benzene rings is 2. The predicted octanol–water partition coefficient (Wildman–Crippen LogP) is 4.62. The van der Waals surface area contributed by atoms with Crippen molar-refractivity contribution >= 4 is 32.6 Å². The minimum absolute atomic E-state index is 0.0862. The van der Waals surface area contributed by atoms with Crippen molar-refractivity contribution in [3.8, 4) is 0 Å².